The van der Waals surface area contributed by atoms with E-state index in [-0.39, 0.29) is 16.7 Å². The maximum atomic E-state index is 11.8. The van der Waals surface area contributed by atoms with E-state index < -0.39 is 5.97 Å². The van der Waals surface area contributed by atoms with Crippen molar-refractivity contribution in [2.24, 2.45) is 0 Å². The molecule has 0 fully saturated rings. The Kier molecular flexibility index (Phi) is 4.52. The van der Waals surface area contributed by atoms with Crippen molar-refractivity contribution in [2.75, 3.05) is 5.43 Å². The van der Waals surface area contributed by atoms with Gasteiger partial charge in [0.25, 0.3) is 0 Å². The number of ether oxygens (including phenoxy) is 1. The highest BCUT2D eigenvalue weighted by Gasteiger charge is 2.14. The van der Waals surface area contributed by atoms with Gasteiger partial charge in [0.2, 0.25) is 0 Å². The first kappa shape index (κ1) is 12.7. The number of benzene rings is 1. The van der Waals surface area contributed by atoms with Gasteiger partial charge in [0.05, 0.1) is 22.4 Å². The molecule has 0 unspecified atom stereocenters. The van der Waals surface area contributed by atoms with Crippen LogP contribution in [0.5, 0.6) is 0 Å². The molecule has 0 spiro atoms. The summed E-state index contributed by atoms with van der Waals surface area (Å²) in [4.78, 5) is 11.6. The Labute approximate surface area is 97.6 Å². The molecule has 4 nitrogen and oxygen atoms in total. The van der Waals surface area contributed by atoms with E-state index in [1.165, 1.54) is 23.8 Å². The number of anilines is 1. The van der Waals surface area contributed by atoms with Gasteiger partial charge in [-0.1, -0.05) is 17.2 Å². The molecule has 1 rings (SSSR count). The molecule has 0 saturated heterocycles. The molecular weight excluding hydrogens is 235 g/mol. The number of hydrazine groups is 1. The lowest BCUT2D eigenvalue weighted by atomic mass is 10.2. The Balaban J connectivity index is 2.93. The van der Waals surface area contributed by atoms with Gasteiger partial charge in [-0.2, -0.15) is 0 Å². The molecule has 88 valence electrons. The molecule has 0 aliphatic carbocycles. The largest absolute Gasteiger partial charge is 0.459 e. The number of esters is 1. The van der Waals surface area contributed by atoms with Gasteiger partial charge in [-0.25, -0.2) is 4.79 Å². The zero-order chi connectivity index (χ0) is 12.1. The van der Waals surface area contributed by atoms with Gasteiger partial charge in [-0.15, -0.1) is 4.48 Å². The first-order valence-electron chi connectivity index (χ1n) is 4.66. The normalized spacial score (nSPS) is 10.3. The Morgan fingerprint density at radius 3 is 2.75 bits per heavy atom. The number of nitrogens with one attached hydrogen (secondary N) is 2. The second-order valence-electron chi connectivity index (χ2n) is 3.37. The SMILES string of the molecule is CC(C)OC(=O)c1cc(NNF)ccc1Cl. The molecule has 0 aliphatic heterocycles. The maximum absolute atomic E-state index is 11.8. The van der Waals surface area contributed by atoms with Crippen molar-refractivity contribution in [3.63, 3.8) is 0 Å². The molecule has 0 heterocycles. The fourth-order valence-electron chi connectivity index (χ4n) is 1.09. The fraction of sp³-hybridized carbons (Fsp3) is 0.300. The molecule has 6 heteroatoms. The molecule has 0 aliphatic rings. The number of carbonyl (C=O) groups excluding carboxylic acids is 1. The van der Waals surface area contributed by atoms with Crippen molar-refractivity contribution in [3.05, 3.63) is 28.8 Å². The van der Waals surface area contributed by atoms with Crippen molar-refractivity contribution < 1.29 is 14.0 Å². The molecular formula is C10H12ClFN2O2. The summed E-state index contributed by atoms with van der Waals surface area (Å²) in [5, 5.41) is 0.259. The first-order valence-corrected chi connectivity index (χ1v) is 5.04. The highest BCUT2D eigenvalue weighted by atomic mass is 35.5. The van der Waals surface area contributed by atoms with E-state index >= 15 is 0 Å². The van der Waals surface area contributed by atoms with E-state index in [0.29, 0.717) is 5.69 Å². The van der Waals surface area contributed by atoms with Crippen LogP contribution in [0.1, 0.15) is 24.2 Å². The van der Waals surface area contributed by atoms with E-state index in [1.807, 2.05) is 0 Å². The van der Waals surface area contributed by atoms with Crippen LogP contribution in [0.2, 0.25) is 5.02 Å². The first-order chi connectivity index (χ1) is 7.54. The average Bonchev–Trinajstić information content (AvgIpc) is 2.20. The van der Waals surface area contributed by atoms with Crippen molar-refractivity contribution in [2.45, 2.75) is 20.0 Å². The number of hydrogen-bond acceptors (Lipinski definition) is 4. The molecule has 0 aromatic heterocycles. The summed E-state index contributed by atoms with van der Waals surface area (Å²) in [6, 6.07) is 4.42. The molecule has 2 N–H and O–H groups in total. The Hall–Kier alpha value is -1.33. The van der Waals surface area contributed by atoms with Crippen LogP contribution in [-0.4, -0.2) is 12.1 Å². The van der Waals surface area contributed by atoms with Gasteiger partial charge in [0, 0.05) is 0 Å². The zero-order valence-electron chi connectivity index (χ0n) is 8.88. The van der Waals surface area contributed by atoms with Crippen molar-refractivity contribution in [3.8, 4) is 0 Å². The van der Waals surface area contributed by atoms with Crippen LogP contribution in [0.25, 0.3) is 0 Å². The fourth-order valence-corrected chi connectivity index (χ4v) is 1.29. The lowest BCUT2D eigenvalue weighted by molar-refractivity contribution is 0.0378. The zero-order valence-corrected chi connectivity index (χ0v) is 9.64. The van der Waals surface area contributed by atoms with Crippen LogP contribution in [0.15, 0.2) is 18.2 Å². The van der Waals surface area contributed by atoms with Gasteiger partial charge in [0.1, 0.15) is 0 Å². The monoisotopic (exact) mass is 246 g/mol. The molecule has 1 aromatic carbocycles. The number of halogens is 2. The summed E-state index contributed by atoms with van der Waals surface area (Å²) in [6.07, 6.45) is -0.237. The molecule has 0 saturated carbocycles. The lowest BCUT2D eigenvalue weighted by Crippen LogP contribution is -2.14. The molecule has 1 aromatic rings. The van der Waals surface area contributed by atoms with Gasteiger partial charge in [-0.3, -0.25) is 5.43 Å². The quantitative estimate of drug-likeness (QED) is 0.487. The van der Waals surface area contributed by atoms with E-state index in [2.05, 4.69) is 5.43 Å². The molecule has 0 atom stereocenters. The summed E-state index contributed by atoms with van der Waals surface area (Å²) in [5.74, 6) is -0.539. The van der Waals surface area contributed by atoms with E-state index in [1.54, 1.807) is 13.8 Å². The third-order valence-electron chi connectivity index (χ3n) is 1.72. The minimum atomic E-state index is -0.539. The number of rotatable bonds is 4. The predicted octanol–water partition coefficient (Wildman–Crippen LogP) is 2.71. The van der Waals surface area contributed by atoms with Gasteiger partial charge in [-0.05, 0) is 32.0 Å². The van der Waals surface area contributed by atoms with E-state index in [4.69, 9.17) is 16.3 Å². The van der Waals surface area contributed by atoms with E-state index in [0.717, 1.165) is 0 Å². The number of carbonyl (C=O) groups is 1. The van der Waals surface area contributed by atoms with E-state index in [9.17, 15) is 9.28 Å². The smallest absolute Gasteiger partial charge is 0.339 e. The molecule has 0 radical (unpaired) electrons. The highest BCUT2D eigenvalue weighted by molar-refractivity contribution is 6.33. The van der Waals surface area contributed by atoms with Crippen LogP contribution in [-0.2, 0) is 4.74 Å². The van der Waals surface area contributed by atoms with Crippen molar-refractivity contribution in [1.82, 2.24) is 5.65 Å². The second kappa shape index (κ2) is 5.67. The van der Waals surface area contributed by atoms with Crippen LogP contribution in [0.3, 0.4) is 0 Å². The Bertz CT molecular complexity index is 385. The summed E-state index contributed by atoms with van der Waals surface area (Å²) in [5.41, 5.74) is 4.03. The van der Waals surface area contributed by atoms with Gasteiger partial charge >= 0.3 is 5.97 Å². The Morgan fingerprint density at radius 2 is 2.19 bits per heavy atom. The maximum Gasteiger partial charge on any atom is 0.339 e. The third kappa shape index (κ3) is 3.36. The summed E-state index contributed by atoms with van der Waals surface area (Å²) in [7, 11) is 0. The topological polar surface area (TPSA) is 50.4 Å². The molecule has 0 bridgehead atoms. The second-order valence-corrected chi connectivity index (χ2v) is 3.78. The molecule has 0 amide bonds. The minimum Gasteiger partial charge on any atom is -0.459 e. The van der Waals surface area contributed by atoms with Crippen LogP contribution in [0.4, 0.5) is 10.2 Å². The van der Waals surface area contributed by atoms with Gasteiger partial charge < -0.3 is 4.74 Å². The van der Waals surface area contributed by atoms with Crippen LogP contribution < -0.4 is 11.1 Å². The summed E-state index contributed by atoms with van der Waals surface area (Å²) >= 11 is 5.83. The summed E-state index contributed by atoms with van der Waals surface area (Å²) in [6.45, 7) is 3.47. The van der Waals surface area contributed by atoms with Crippen molar-refractivity contribution >= 4 is 23.3 Å². The minimum absolute atomic E-state index is 0.190. The Morgan fingerprint density at radius 1 is 1.50 bits per heavy atom. The highest BCUT2D eigenvalue weighted by Crippen LogP contribution is 2.21. The predicted molar refractivity (Wildman–Crippen MR) is 59.9 cm³/mol. The van der Waals surface area contributed by atoms with Crippen LogP contribution in [0, 0.1) is 0 Å². The van der Waals surface area contributed by atoms with Crippen molar-refractivity contribution in [1.29, 1.82) is 0 Å². The molecule has 16 heavy (non-hydrogen) atoms. The standard InChI is InChI=1S/C10H12ClFN2O2/c1-6(2)16-10(15)8-5-7(13-14-12)3-4-9(8)11/h3-6,13-14H,1-2H3. The van der Waals surface area contributed by atoms with Gasteiger partial charge in [0.15, 0.2) is 0 Å². The lowest BCUT2D eigenvalue weighted by Gasteiger charge is -2.10. The average molecular weight is 247 g/mol. The summed E-state index contributed by atoms with van der Waals surface area (Å²) < 4.78 is 16.8. The number of hydrogen-bond donors (Lipinski definition) is 2. The van der Waals surface area contributed by atoms with Crippen LogP contribution >= 0.6 is 11.6 Å². The third-order valence-corrected chi connectivity index (χ3v) is 2.05.